The highest BCUT2D eigenvalue weighted by Gasteiger charge is 2.25. The number of halogens is 1. The first-order valence-electron chi connectivity index (χ1n) is 10.7. The summed E-state index contributed by atoms with van der Waals surface area (Å²) < 4.78 is 21.1. The van der Waals surface area contributed by atoms with Crippen molar-refractivity contribution in [2.24, 2.45) is 0 Å². The molecule has 1 N–H and O–H groups in total. The molecule has 0 radical (unpaired) electrons. The molecule has 8 heteroatoms. The van der Waals surface area contributed by atoms with Crippen LogP contribution in [0.1, 0.15) is 39.3 Å². The number of nitrogens with one attached hydrogen (secondary N) is 1. The molecule has 2 amide bonds. The Bertz CT molecular complexity index is 1030. The van der Waals surface area contributed by atoms with E-state index in [1.165, 1.54) is 12.1 Å². The molecule has 2 aromatic heterocycles. The Morgan fingerprint density at radius 2 is 2.13 bits per heavy atom. The fraction of sp³-hybridized carbons (Fsp3) is 0.478. The number of fused-ring (bicyclic) bond motifs is 1. The van der Waals surface area contributed by atoms with Crippen LogP contribution in [-0.4, -0.2) is 51.7 Å². The molecule has 0 saturated carbocycles. The molecule has 166 valence electrons. The maximum absolute atomic E-state index is 13.2. The molecule has 1 unspecified atom stereocenters. The Balaban J connectivity index is 1.49. The van der Waals surface area contributed by atoms with E-state index in [0.717, 1.165) is 41.4 Å². The van der Waals surface area contributed by atoms with Crippen LogP contribution in [0.15, 0.2) is 35.8 Å². The molecule has 3 heterocycles. The first kappa shape index (κ1) is 21.8. The van der Waals surface area contributed by atoms with Gasteiger partial charge in [-0.3, -0.25) is 4.40 Å². The quantitative estimate of drug-likeness (QED) is 0.598. The van der Waals surface area contributed by atoms with Crippen molar-refractivity contribution in [1.82, 2.24) is 19.6 Å². The number of thiazole rings is 1. The van der Waals surface area contributed by atoms with E-state index in [0.29, 0.717) is 19.5 Å². The zero-order chi connectivity index (χ0) is 22.0. The average Bonchev–Trinajstić information content (AvgIpc) is 3.42. The van der Waals surface area contributed by atoms with Crippen molar-refractivity contribution in [2.45, 2.75) is 51.7 Å². The summed E-state index contributed by atoms with van der Waals surface area (Å²) in [5, 5.41) is 5.16. The van der Waals surface area contributed by atoms with Gasteiger partial charge in [0.05, 0.1) is 11.8 Å². The van der Waals surface area contributed by atoms with Gasteiger partial charge in [-0.15, -0.1) is 11.3 Å². The maximum Gasteiger partial charge on any atom is 0.317 e. The van der Waals surface area contributed by atoms with E-state index in [2.05, 4.69) is 20.1 Å². The number of imidazole rings is 1. The van der Waals surface area contributed by atoms with Crippen molar-refractivity contribution in [2.75, 3.05) is 19.7 Å². The van der Waals surface area contributed by atoms with Gasteiger partial charge in [0.15, 0.2) is 4.96 Å². The highest BCUT2D eigenvalue weighted by molar-refractivity contribution is 7.15. The van der Waals surface area contributed by atoms with Crippen LogP contribution in [-0.2, 0) is 11.2 Å². The summed E-state index contributed by atoms with van der Waals surface area (Å²) in [5.74, 6) is -0.259. The van der Waals surface area contributed by atoms with Crippen LogP contribution in [0.2, 0.25) is 0 Å². The molecule has 1 atom stereocenters. The number of ether oxygens (including phenoxy) is 1. The van der Waals surface area contributed by atoms with Gasteiger partial charge in [-0.2, -0.15) is 0 Å². The molecule has 1 aromatic carbocycles. The SMILES string of the molecule is CC(C)(C)NC(=O)N(CCc1csc2nc(-c3ccc(F)cc3)cn12)CC1CCCO1. The third kappa shape index (κ3) is 5.43. The Kier molecular flexibility index (Phi) is 6.29. The van der Waals surface area contributed by atoms with Gasteiger partial charge in [-0.05, 0) is 57.9 Å². The molecule has 6 nitrogen and oxygen atoms in total. The monoisotopic (exact) mass is 444 g/mol. The summed E-state index contributed by atoms with van der Waals surface area (Å²) in [6, 6.07) is 6.30. The smallest absolute Gasteiger partial charge is 0.317 e. The predicted octanol–water partition coefficient (Wildman–Crippen LogP) is 4.73. The number of urea groups is 1. The van der Waals surface area contributed by atoms with Gasteiger partial charge >= 0.3 is 6.03 Å². The minimum absolute atomic E-state index is 0.0629. The third-order valence-electron chi connectivity index (χ3n) is 5.28. The summed E-state index contributed by atoms with van der Waals surface area (Å²) in [5.41, 5.74) is 2.50. The lowest BCUT2D eigenvalue weighted by Crippen LogP contribution is -2.50. The second-order valence-electron chi connectivity index (χ2n) is 9.02. The van der Waals surface area contributed by atoms with E-state index in [9.17, 15) is 9.18 Å². The molecular weight excluding hydrogens is 415 g/mol. The molecule has 1 saturated heterocycles. The van der Waals surface area contributed by atoms with E-state index >= 15 is 0 Å². The van der Waals surface area contributed by atoms with Gasteiger partial charge < -0.3 is 15.0 Å². The molecule has 0 spiro atoms. The normalized spacial score (nSPS) is 16.7. The number of amides is 2. The number of rotatable bonds is 6. The Morgan fingerprint density at radius 3 is 2.81 bits per heavy atom. The number of carbonyl (C=O) groups excluding carboxylic acids is 1. The lowest BCUT2D eigenvalue weighted by molar-refractivity contribution is 0.0803. The van der Waals surface area contributed by atoms with Crippen molar-refractivity contribution in [3.8, 4) is 11.3 Å². The van der Waals surface area contributed by atoms with Crippen LogP contribution < -0.4 is 5.32 Å². The van der Waals surface area contributed by atoms with Crippen LogP contribution in [0.5, 0.6) is 0 Å². The molecule has 3 aromatic rings. The fourth-order valence-corrected chi connectivity index (χ4v) is 4.64. The molecule has 1 aliphatic rings. The summed E-state index contributed by atoms with van der Waals surface area (Å²) in [6.45, 7) is 7.92. The Labute approximate surface area is 186 Å². The highest BCUT2D eigenvalue weighted by atomic mass is 32.1. The summed E-state index contributed by atoms with van der Waals surface area (Å²) in [6.07, 6.45) is 4.83. The van der Waals surface area contributed by atoms with Gasteiger partial charge in [-0.1, -0.05) is 0 Å². The van der Waals surface area contributed by atoms with Crippen molar-refractivity contribution in [3.05, 3.63) is 47.4 Å². The van der Waals surface area contributed by atoms with Gasteiger partial charge in [0.1, 0.15) is 5.82 Å². The lowest BCUT2D eigenvalue weighted by atomic mass is 10.1. The van der Waals surface area contributed by atoms with Crippen molar-refractivity contribution >= 4 is 22.3 Å². The minimum Gasteiger partial charge on any atom is -0.376 e. The lowest BCUT2D eigenvalue weighted by Gasteiger charge is -2.30. The van der Waals surface area contributed by atoms with Crippen molar-refractivity contribution < 1.29 is 13.9 Å². The van der Waals surface area contributed by atoms with Crippen LogP contribution in [0.4, 0.5) is 9.18 Å². The van der Waals surface area contributed by atoms with Crippen LogP contribution in [0.25, 0.3) is 16.2 Å². The zero-order valence-electron chi connectivity index (χ0n) is 18.2. The van der Waals surface area contributed by atoms with Gasteiger partial charge in [0.25, 0.3) is 0 Å². The van der Waals surface area contributed by atoms with E-state index in [1.807, 2.05) is 31.9 Å². The first-order chi connectivity index (χ1) is 14.8. The third-order valence-corrected chi connectivity index (χ3v) is 6.17. The molecule has 0 aliphatic carbocycles. The molecule has 1 fully saturated rings. The number of hydrogen-bond donors (Lipinski definition) is 1. The number of carbonyl (C=O) groups is 1. The average molecular weight is 445 g/mol. The van der Waals surface area contributed by atoms with E-state index in [4.69, 9.17) is 4.74 Å². The van der Waals surface area contributed by atoms with Crippen LogP contribution >= 0.6 is 11.3 Å². The minimum atomic E-state index is -0.296. The summed E-state index contributed by atoms with van der Waals surface area (Å²) in [4.78, 5) is 20.3. The largest absolute Gasteiger partial charge is 0.376 e. The number of aromatic nitrogens is 2. The number of nitrogens with zero attached hydrogens (tertiary/aromatic N) is 3. The topological polar surface area (TPSA) is 58.9 Å². The Hall–Kier alpha value is -2.45. The number of hydrogen-bond acceptors (Lipinski definition) is 4. The second-order valence-corrected chi connectivity index (χ2v) is 9.86. The first-order valence-corrected chi connectivity index (χ1v) is 11.6. The van der Waals surface area contributed by atoms with Gasteiger partial charge in [0, 0.05) is 54.5 Å². The molecular formula is C23H29FN4O2S. The van der Waals surface area contributed by atoms with Crippen LogP contribution in [0, 0.1) is 5.82 Å². The zero-order valence-corrected chi connectivity index (χ0v) is 19.0. The molecule has 1 aliphatic heterocycles. The van der Waals surface area contributed by atoms with Gasteiger partial charge in [-0.25, -0.2) is 14.2 Å². The standard InChI is InChI=1S/C23H29FN4O2S/c1-23(2,3)26-21(29)27(13-19-5-4-12-30-19)11-10-18-15-31-22-25-20(14-28(18)22)16-6-8-17(24)9-7-16/h6-9,14-15,19H,4-5,10-13H2,1-3H3,(H,26,29). The highest BCUT2D eigenvalue weighted by Crippen LogP contribution is 2.24. The number of benzene rings is 1. The van der Waals surface area contributed by atoms with E-state index in [1.54, 1.807) is 23.5 Å². The van der Waals surface area contributed by atoms with Crippen molar-refractivity contribution in [1.29, 1.82) is 0 Å². The molecule has 31 heavy (non-hydrogen) atoms. The van der Waals surface area contributed by atoms with Gasteiger partial charge in [0.2, 0.25) is 0 Å². The maximum atomic E-state index is 13.2. The van der Waals surface area contributed by atoms with Crippen molar-refractivity contribution in [3.63, 3.8) is 0 Å². The van der Waals surface area contributed by atoms with Crippen LogP contribution in [0.3, 0.4) is 0 Å². The molecule has 0 bridgehead atoms. The van der Waals surface area contributed by atoms with E-state index in [-0.39, 0.29) is 23.5 Å². The summed E-state index contributed by atoms with van der Waals surface area (Å²) >= 11 is 1.57. The predicted molar refractivity (Wildman–Crippen MR) is 121 cm³/mol. The van der Waals surface area contributed by atoms with E-state index < -0.39 is 0 Å². The fourth-order valence-electron chi connectivity index (χ4n) is 3.73. The Morgan fingerprint density at radius 1 is 1.35 bits per heavy atom. The second kappa shape index (κ2) is 8.96. The summed E-state index contributed by atoms with van der Waals surface area (Å²) in [7, 11) is 0. The molecule has 4 rings (SSSR count).